The van der Waals surface area contributed by atoms with Crippen LogP contribution in [0.25, 0.3) is 10.8 Å². The highest BCUT2D eigenvalue weighted by Crippen LogP contribution is 2.23. The Bertz CT molecular complexity index is 472. The molecule has 0 fully saturated rings. The van der Waals surface area contributed by atoms with E-state index in [1.54, 1.807) is 0 Å². The summed E-state index contributed by atoms with van der Waals surface area (Å²) in [4.78, 5) is 3.81. The van der Waals surface area contributed by atoms with Crippen LogP contribution in [0.4, 0.5) is 4.39 Å². The van der Waals surface area contributed by atoms with Gasteiger partial charge < -0.3 is 0 Å². The van der Waals surface area contributed by atoms with Crippen molar-refractivity contribution in [2.75, 3.05) is 0 Å². The number of fused-ring (bicyclic) bond motifs is 1. The first kappa shape index (κ1) is 6.38. The molecule has 2 rings (SSSR count). The second-order valence-electron chi connectivity index (χ2n) is 2.37. The van der Waals surface area contributed by atoms with Crippen LogP contribution in [-0.2, 0) is 0 Å². The molecule has 3 heteroatoms. The van der Waals surface area contributed by atoms with Gasteiger partial charge >= 0.3 is 0 Å². The fourth-order valence-corrected chi connectivity index (χ4v) is 1.19. The number of pyridine rings is 1. The first-order valence-electron chi connectivity index (χ1n) is 3.88. The Kier molecular flexibility index (Phi) is 1.44. The smallest absolute Gasteiger partial charge is 0.149 e. The number of benzene rings is 1. The number of aromatic nitrogens is 1. The van der Waals surface area contributed by atoms with Crippen LogP contribution >= 0.6 is 11.6 Å². The van der Waals surface area contributed by atoms with Crippen LogP contribution in [0.3, 0.4) is 0 Å². The molecule has 0 radical (unpaired) electrons. The average Bonchev–Trinajstić information content (AvgIpc) is 2.15. The summed E-state index contributed by atoms with van der Waals surface area (Å²) in [6, 6.07) is 2.98. The summed E-state index contributed by atoms with van der Waals surface area (Å²) < 4.78 is 20.8. The third-order valence-corrected chi connectivity index (χ3v) is 1.90. The van der Waals surface area contributed by atoms with Crippen molar-refractivity contribution in [3.05, 3.63) is 41.4 Å². The highest BCUT2D eigenvalue weighted by Gasteiger charge is 2.03. The zero-order valence-electron chi connectivity index (χ0n) is 7.01. The molecule has 60 valence electrons. The zero-order chi connectivity index (χ0) is 9.42. The van der Waals surface area contributed by atoms with E-state index < -0.39 is 5.82 Å². The molecule has 1 nitrogen and oxygen atoms in total. The summed E-state index contributed by atoms with van der Waals surface area (Å²) in [5.74, 6) is -0.491. The Hall–Kier alpha value is -1.15. The first-order valence-corrected chi connectivity index (χ1v) is 3.76. The molecular weight excluding hydrogens is 177 g/mol. The highest BCUT2D eigenvalue weighted by molar-refractivity contribution is 6.31. The van der Waals surface area contributed by atoms with Crippen LogP contribution in [0.2, 0.25) is 5.02 Å². The van der Waals surface area contributed by atoms with Gasteiger partial charge in [-0.1, -0.05) is 17.6 Å². The lowest BCUT2D eigenvalue weighted by Crippen LogP contribution is -1.81. The molecule has 2 aromatic rings. The zero-order valence-corrected chi connectivity index (χ0v) is 6.77. The van der Waals surface area contributed by atoms with Crippen LogP contribution in [0.15, 0.2) is 30.6 Å². The molecule has 0 amide bonds. The van der Waals surface area contributed by atoms with E-state index >= 15 is 0 Å². The van der Waals surface area contributed by atoms with Gasteiger partial charge in [0.2, 0.25) is 0 Å². The quantitative estimate of drug-likeness (QED) is 0.610. The van der Waals surface area contributed by atoms with Crippen molar-refractivity contribution in [2.24, 2.45) is 0 Å². The van der Waals surface area contributed by atoms with Crippen LogP contribution in [0, 0.1) is 5.82 Å². The maximum absolute atomic E-state index is 13.3. The third kappa shape index (κ3) is 1.04. The molecule has 1 aromatic carbocycles. The summed E-state index contributed by atoms with van der Waals surface area (Å²) in [5, 5.41) is 0.792. The van der Waals surface area contributed by atoms with Gasteiger partial charge in [-0.25, -0.2) is 4.39 Å². The summed E-state index contributed by atoms with van der Waals surface area (Å²) >= 11 is 5.58. The highest BCUT2D eigenvalue weighted by atomic mass is 35.5. The monoisotopic (exact) mass is 182 g/mol. The molecular formula is C9H5ClFN. The largest absolute Gasteiger partial charge is 0.264 e. The second-order valence-corrected chi connectivity index (χ2v) is 2.78. The van der Waals surface area contributed by atoms with Gasteiger partial charge in [0.05, 0.1) is 6.39 Å². The molecule has 0 aliphatic rings. The van der Waals surface area contributed by atoms with E-state index in [2.05, 4.69) is 4.98 Å². The second kappa shape index (κ2) is 2.72. The van der Waals surface area contributed by atoms with Gasteiger partial charge in [-0.05, 0) is 12.1 Å². The maximum atomic E-state index is 13.3. The van der Waals surface area contributed by atoms with Crippen molar-refractivity contribution in [1.82, 2.24) is 4.98 Å². The van der Waals surface area contributed by atoms with Gasteiger partial charge in [0.25, 0.3) is 0 Å². The van der Waals surface area contributed by atoms with Crippen LogP contribution in [0.1, 0.15) is 1.37 Å². The van der Waals surface area contributed by atoms with Crippen molar-refractivity contribution < 1.29 is 5.76 Å². The van der Waals surface area contributed by atoms with Gasteiger partial charge in [0.15, 0.2) is 0 Å². The average molecular weight is 183 g/mol. The fraction of sp³-hybridized carbons (Fsp3) is 0. The Labute approximate surface area is 75.2 Å². The molecule has 0 saturated heterocycles. The minimum atomic E-state index is -0.491. The number of nitrogens with zero attached hydrogens (tertiary/aromatic N) is 1. The summed E-state index contributed by atoms with van der Waals surface area (Å²) in [6.45, 7) is 0. The number of rotatable bonds is 0. The van der Waals surface area contributed by atoms with Crippen LogP contribution in [-0.4, -0.2) is 4.98 Å². The van der Waals surface area contributed by atoms with E-state index in [9.17, 15) is 4.39 Å². The molecule has 12 heavy (non-hydrogen) atoms. The van der Waals surface area contributed by atoms with Crippen molar-refractivity contribution in [3.63, 3.8) is 0 Å². The maximum Gasteiger partial charge on any atom is 0.149 e. The topological polar surface area (TPSA) is 12.9 Å². The Balaban J connectivity index is 2.97. The fourth-order valence-electron chi connectivity index (χ4n) is 1.03. The third-order valence-electron chi connectivity index (χ3n) is 1.62. The minimum Gasteiger partial charge on any atom is -0.264 e. The molecule has 0 aliphatic heterocycles. The van der Waals surface area contributed by atoms with E-state index in [1.807, 2.05) is 0 Å². The van der Waals surface area contributed by atoms with Gasteiger partial charge in [-0.3, -0.25) is 4.98 Å². The van der Waals surface area contributed by atoms with Crippen LogP contribution < -0.4 is 0 Å². The summed E-state index contributed by atoms with van der Waals surface area (Å²) in [6.07, 6.45) is 2.93. The molecule has 0 spiro atoms. The molecule has 1 heterocycles. The van der Waals surface area contributed by atoms with E-state index in [1.165, 1.54) is 24.5 Å². The van der Waals surface area contributed by atoms with Crippen molar-refractivity contribution in [2.45, 2.75) is 0 Å². The standard InChI is InChI=1S/C9H5ClFN/c10-8-2-1-6-5-12-4-3-7(6)9(8)11/h1-5H/i1D. The van der Waals surface area contributed by atoms with Crippen molar-refractivity contribution >= 4 is 22.4 Å². The molecule has 0 aliphatic carbocycles. The number of hydrogen-bond donors (Lipinski definition) is 0. The SMILES string of the molecule is [2H]c1cc(Cl)c(F)c2ccncc12. The Morgan fingerprint density at radius 2 is 2.33 bits per heavy atom. The number of halogens is 2. The normalized spacial score (nSPS) is 11.7. The number of hydrogen-bond acceptors (Lipinski definition) is 1. The molecule has 1 aromatic heterocycles. The van der Waals surface area contributed by atoms with E-state index in [0.29, 0.717) is 10.8 Å². The molecule has 0 saturated carbocycles. The van der Waals surface area contributed by atoms with E-state index in [4.69, 9.17) is 13.0 Å². The molecule has 0 N–H and O–H groups in total. The van der Waals surface area contributed by atoms with Gasteiger partial charge in [-0.15, -0.1) is 0 Å². The first-order chi connectivity index (χ1) is 6.20. The minimum absolute atomic E-state index is 0.0244. The van der Waals surface area contributed by atoms with Gasteiger partial charge in [0, 0.05) is 23.2 Å². The van der Waals surface area contributed by atoms with Gasteiger partial charge in [-0.2, -0.15) is 0 Å². The lowest BCUT2D eigenvalue weighted by Gasteiger charge is -1.98. The molecule has 0 bridgehead atoms. The molecule has 0 atom stereocenters. The van der Waals surface area contributed by atoms with E-state index in [-0.39, 0.29) is 11.1 Å². The summed E-state index contributed by atoms with van der Waals surface area (Å²) in [5.41, 5.74) is 0. The van der Waals surface area contributed by atoms with E-state index in [0.717, 1.165) is 0 Å². The van der Waals surface area contributed by atoms with Crippen LogP contribution in [0.5, 0.6) is 0 Å². The van der Waals surface area contributed by atoms with Crippen molar-refractivity contribution in [3.8, 4) is 0 Å². The van der Waals surface area contributed by atoms with Crippen molar-refractivity contribution in [1.29, 1.82) is 0 Å². The predicted molar refractivity (Wildman–Crippen MR) is 46.7 cm³/mol. The van der Waals surface area contributed by atoms with Gasteiger partial charge in [0.1, 0.15) is 5.82 Å². The Morgan fingerprint density at radius 3 is 3.17 bits per heavy atom. The predicted octanol–water partition coefficient (Wildman–Crippen LogP) is 3.03. The Morgan fingerprint density at radius 1 is 1.50 bits per heavy atom. The lowest BCUT2D eigenvalue weighted by molar-refractivity contribution is 0.640. The molecule has 0 unspecified atom stereocenters. The lowest BCUT2D eigenvalue weighted by atomic mass is 10.2. The summed E-state index contributed by atoms with van der Waals surface area (Å²) in [7, 11) is 0.